The molecule has 0 aromatic rings. The zero-order valence-electron chi connectivity index (χ0n) is 13.2. The van der Waals surface area contributed by atoms with E-state index in [1.54, 1.807) is 6.92 Å². The van der Waals surface area contributed by atoms with E-state index in [9.17, 15) is 4.79 Å². The van der Waals surface area contributed by atoms with Crippen LogP contribution < -0.4 is 16.0 Å². The van der Waals surface area contributed by atoms with E-state index in [-0.39, 0.29) is 5.97 Å². The standard InChI is InChI=1S/C15H30N4O2/c1-14(2)15(20)21-13-3-10-19-11-8-17-6-4-16-5-7-18-9-12-19/h16-18H,1,3-13H2,2H3. The second-order valence-corrected chi connectivity index (χ2v) is 5.36. The van der Waals surface area contributed by atoms with Gasteiger partial charge in [0.15, 0.2) is 0 Å². The van der Waals surface area contributed by atoms with Gasteiger partial charge in [0.2, 0.25) is 0 Å². The molecule has 6 nitrogen and oxygen atoms in total. The Kier molecular flexibility index (Phi) is 10.1. The Labute approximate surface area is 128 Å². The van der Waals surface area contributed by atoms with Crippen molar-refractivity contribution in [1.82, 2.24) is 20.9 Å². The van der Waals surface area contributed by atoms with Gasteiger partial charge in [0, 0.05) is 64.5 Å². The number of carbonyl (C=O) groups excluding carboxylic acids is 1. The van der Waals surface area contributed by atoms with Gasteiger partial charge >= 0.3 is 5.97 Å². The SMILES string of the molecule is C=C(C)C(=O)OCCCN1CCNCCNCCNCC1. The third kappa shape index (κ3) is 9.57. The molecule has 1 aliphatic rings. The van der Waals surface area contributed by atoms with Gasteiger partial charge in [0.05, 0.1) is 6.61 Å². The van der Waals surface area contributed by atoms with Crippen LogP contribution in [0.15, 0.2) is 12.2 Å². The van der Waals surface area contributed by atoms with Gasteiger partial charge in [-0.15, -0.1) is 0 Å². The predicted octanol–water partition coefficient (Wildman–Crippen LogP) is -0.420. The molecule has 0 aromatic carbocycles. The predicted molar refractivity (Wildman–Crippen MR) is 85.4 cm³/mol. The molecule has 0 saturated carbocycles. The van der Waals surface area contributed by atoms with E-state index >= 15 is 0 Å². The molecule has 0 amide bonds. The van der Waals surface area contributed by atoms with Crippen LogP contribution in [0.1, 0.15) is 13.3 Å². The number of rotatable bonds is 5. The number of ether oxygens (including phenoxy) is 1. The Balaban J connectivity index is 2.18. The van der Waals surface area contributed by atoms with E-state index in [1.807, 2.05) is 0 Å². The molecule has 0 radical (unpaired) electrons. The number of nitrogens with one attached hydrogen (secondary N) is 3. The van der Waals surface area contributed by atoms with Gasteiger partial charge in [-0.2, -0.15) is 0 Å². The van der Waals surface area contributed by atoms with Gasteiger partial charge in [-0.25, -0.2) is 4.79 Å². The van der Waals surface area contributed by atoms with Crippen LogP contribution in [0, 0.1) is 0 Å². The lowest BCUT2D eigenvalue weighted by Crippen LogP contribution is -2.42. The smallest absolute Gasteiger partial charge is 0.333 e. The maximum Gasteiger partial charge on any atom is 0.333 e. The molecule has 1 saturated heterocycles. The van der Waals surface area contributed by atoms with Crippen molar-refractivity contribution in [2.24, 2.45) is 0 Å². The van der Waals surface area contributed by atoms with Crippen LogP contribution in [0.3, 0.4) is 0 Å². The molecule has 0 aliphatic carbocycles. The Hall–Kier alpha value is -0.950. The number of carbonyl (C=O) groups is 1. The van der Waals surface area contributed by atoms with Crippen molar-refractivity contribution in [1.29, 1.82) is 0 Å². The van der Waals surface area contributed by atoms with Gasteiger partial charge < -0.3 is 25.6 Å². The summed E-state index contributed by atoms with van der Waals surface area (Å²) in [4.78, 5) is 13.7. The largest absolute Gasteiger partial charge is 0.462 e. The summed E-state index contributed by atoms with van der Waals surface area (Å²) in [6, 6.07) is 0. The topological polar surface area (TPSA) is 65.6 Å². The van der Waals surface area contributed by atoms with Crippen LogP contribution in [0.5, 0.6) is 0 Å². The fourth-order valence-corrected chi connectivity index (χ4v) is 2.11. The van der Waals surface area contributed by atoms with Gasteiger partial charge in [-0.05, 0) is 13.3 Å². The fraction of sp³-hybridized carbons (Fsp3) is 0.800. The van der Waals surface area contributed by atoms with Crippen molar-refractivity contribution >= 4 is 5.97 Å². The zero-order chi connectivity index (χ0) is 15.3. The highest BCUT2D eigenvalue weighted by Gasteiger charge is 2.07. The molecule has 3 N–H and O–H groups in total. The summed E-state index contributed by atoms with van der Waals surface area (Å²) < 4.78 is 5.13. The summed E-state index contributed by atoms with van der Waals surface area (Å²) in [6.45, 7) is 14.7. The molecule has 0 spiro atoms. The first-order valence-electron chi connectivity index (χ1n) is 7.87. The van der Waals surface area contributed by atoms with E-state index in [0.717, 1.165) is 65.3 Å². The highest BCUT2D eigenvalue weighted by molar-refractivity contribution is 5.86. The fourth-order valence-electron chi connectivity index (χ4n) is 2.11. The average Bonchev–Trinajstić information content (AvgIpc) is 2.45. The molecule has 0 bridgehead atoms. The first kappa shape index (κ1) is 18.1. The Bertz CT molecular complexity index is 298. The van der Waals surface area contributed by atoms with Gasteiger partial charge in [0.1, 0.15) is 0 Å². The van der Waals surface area contributed by atoms with Crippen LogP contribution in [-0.2, 0) is 9.53 Å². The van der Waals surface area contributed by atoms with Crippen molar-refractivity contribution in [3.63, 3.8) is 0 Å². The summed E-state index contributed by atoms with van der Waals surface area (Å²) in [5.74, 6) is -0.292. The van der Waals surface area contributed by atoms with Crippen LogP contribution >= 0.6 is 0 Å². The zero-order valence-corrected chi connectivity index (χ0v) is 13.2. The van der Waals surface area contributed by atoms with Crippen LogP contribution in [0.4, 0.5) is 0 Å². The maximum atomic E-state index is 11.3. The quantitative estimate of drug-likeness (QED) is 0.364. The molecule has 1 rings (SSSR count). The van der Waals surface area contributed by atoms with E-state index in [1.165, 1.54) is 0 Å². The Morgan fingerprint density at radius 3 is 2.10 bits per heavy atom. The van der Waals surface area contributed by atoms with Crippen molar-refractivity contribution < 1.29 is 9.53 Å². The molecule has 21 heavy (non-hydrogen) atoms. The summed E-state index contributed by atoms with van der Waals surface area (Å²) in [7, 11) is 0. The van der Waals surface area contributed by atoms with E-state index < -0.39 is 0 Å². The molecule has 122 valence electrons. The normalized spacial score (nSPS) is 19.3. The molecule has 6 heteroatoms. The number of esters is 1. The van der Waals surface area contributed by atoms with E-state index in [0.29, 0.717) is 12.2 Å². The third-order valence-corrected chi connectivity index (χ3v) is 3.37. The molecule has 1 heterocycles. The monoisotopic (exact) mass is 298 g/mol. The highest BCUT2D eigenvalue weighted by Crippen LogP contribution is 1.96. The Morgan fingerprint density at radius 1 is 1.05 bits per heavy atom. The van der Waals surface area contributed by atoms with E-state index in [4.69, 9.17) is 4.74 Å². The maximum absolute atomic E-state index is 11.3. The lowest BCUT2D eigenvalue weighted by molar-refractivity contribution is -0.139. The van der Waals surface area contributed by atoms with Gasteiger partial charge in [-0.1, -0.05) is 6.58 Å². The summed E-state index contributed by atoms with van der Waals surface area (Å²) in [6.07, 6.45) is 0.862. The first-order chi connectivity index (χ1) is 10.2. The van der Waals surface area contributed by atoms with Crippen molar-refractivity contribution in [2.75, 3.05) is 65.5 Å². The van der Waals surface area contributed by atoms with Crippen LogP contribution in [0.25, 0.3) is 0 Å². The third-order valence-electron chi connectivity index (χ3n) is 3.37. The van der Waals surface area contributed by atoms with Crippen molar-refractivity contribution in [3.05, 3.63) is 12.2 Å². The van der Waals surface area contributed by atoms with E-state index in [2.05, 4.69) is 27.4 Å². The van der Waals surface area contributed by atoms with Crippen LogP contribution in [-0.4, -0.2) is 76.4 Å². The lowest BCUT2D eigenvalue weighted by Gasteiger charge is -2.23. The number of hydrogen-bond acceptors (Lipinski definition) is 6. The second kappa shape index (κ2) is 11.7. The van der Waals surface area contributed by atoms with Crippen LogP contribution in [0.2, 0.25) is 0 Å². The number of nitrogens with zero attached hydrogens (tertiary/aromatic N) is 1. The molecule has 0 aromatic heterocycles. The van der Waals surface area contributed by atoms with Crippen molar-refractivity contribution in [3.8, 4) is 0 Å². The molecule has 0 unspecified atom stereocenters. The molecule has 1 fully saturated rings. The van der Waals surface area contributed by atoms with Gasteiger partial charge in [-0.3, -0.25) is 0 Å². The second-order valence-electron chi connectivity index (χ2n) is 5.36. The average molecular weight is 298 g/mol. The molecule has 1 aliphatic heterocycles. The minimum absolute atomic E-state index is 0.292. The lowest BCUT2D eigenvalue weighted by atomic mass is 10.3. The van der Waals surface area contributed by atoms with Crippen molar-refractivity contribution in [2.45, 2.75) is 13.3 Å². The number of hydrogen-bond donors (Lipinski definition) is 3. The molecular weight excluding hydrogens is 268 g/mol. The minimum atomic E-state index is -0.292. The summed E-state index contributed by atoms with van der Waals surface area (Å²) >= 11 is 0. The highest BCUT2D eigenvalue weighted by atomic mass is 16.5. The Morgan fingerprint density at radius 2 is 1.57 bits per heavy atom. The van der Waals surface area contributed by atoms with Gasteiger partial charge in [0.25, 0.3) is 0 Å². The summed E-state index contributed by atoms with van der Waals surface area (Å²) in [5, 5.41) is 10.3. The minimum Gasteiger partial charge on any atom is -0.462 e. The molecule has 0 atom stereocenters. The molecular formula is C15H30N4O2. The first-order valence-corrected chi connectivity index (χ1v) is 7.87. The summed E-state index contributed by atoms with van der Waals surface area (Å²) in [5.41, 5.74) is 0.461.